The number of fused-ring (bicyclic) bond motifs is 1. The second-order valence-corrected chi connectivity index (χ2v) is 6.58. The van der Waals surface area contributed by atoms with E-state index in [0.717, 1.165) is 22.9 Å². The molecule has 150 valence electrons. The maximum Gasteiger partial charge on any atom is 0.416 e. The van der Waals surface area contributed by atoms with Crippen molar-refractivity contribution in [3.8, 4) is 5.69 Å². The van der Waals surface area contributed by atoms with Crippen molar-refractivity contribution >= 4 is 22.9 Å². The third-order valence-corrected chi connectivity index (χ3v) is 4.63. The quantitative estimate of drug-likeness (QED) is 0.357. The SMILES string of the molecule is O=C(N/N=C/c1cccn1-c1cccc(C(F)(F)F)c1)c1cccc2ccccc12. The van der Waals surface area contributed by atoms with Crippen molar-refractivity contribution in [3.63, 3.8) is 0 Å². The summed E-state index contributed by atoms with van der Waals surface area (Å²) in [5.74, 6) is -0.375. The number of alkyl halides is 3. The van der Waals surface area contributed by atoms with Gasteiger partial charge < -0.3 is 4.57 Å². The van der Waals surface area contributed by atoms with Crippen LogP contribution in [0.15, 0.2) is 90.2 Å². The maximum absolute atomic E-state index is 13.0. The highest BCUT2D eigenvalue weighted by atomic mass is 19.4. The number of hydrogen-bond acceptors (Lipinski definition) is 2. The Labute approximate surface area is 170 Å². The first-order valence-corrected chi connectivity index (χ1v) is 9.10. The van der Waals surface area contributed by atoms with E-state index < -0.39 is 11.7 Å². The molecule has 0 radical (unpaired) electrons. The van der Waals surface area contributed by atoms with Gasteiger partial charge >= 0.3 is 6.18 Å². The van der Waals surface area contributed by atoms with Gasteiger partial charge in [-0.2, -0.15) is 18.3 Å². The largest absolute Gasteiger partial charge is 0.416 e. The Morgan fingerprint density at radius 2 is 1.70 bits per heavy atom. The molecule has 0 saturated heterocycles. The molecule has 1 heterocycles. The number of carbonyl (C=O) groups excluding carboxylic acids is 1. The topological polar surface area (TPSA) is 46.4 Å². The van der Waals surface area contributed by atoms with Crippen LogP contribution in [0.5, 0.6) is 0 Å². The zero-order valence-corrected chi connectivity index (χ0v) is 15.6. The number of rotatable bonds is 4. The normalized spacial score (nSPS) is 11.8. The molecule has 0 atom stereocenters. The number of nitrogens with one attached hydrogen (secondary N) is 1. The van der Waals surface area contributed by atoms with Gasteiger partial charge in [0.1, 0.15) is 0 Å². The first kappa shape index (κ1) is 19.4. The minimum absolute atomic E-state index is 0.344. The van der Waals surface area contributed by atoms with Gasteiger partial charge in [-0.15, -0.1) is 0 Å². The van der Waals surface area contributed by atoms with Crippen molar-refractivity contribution in [1.29, 1.82) is 0 Å². The minimum Gasteiger partial charge on any atom is -0.316 e. The summed E-state index contributed by atoms with van der Waals surface area (Å²) < 4.78 is 40.5. The van der Waals surface area contributed by atoms with Gasteiger partial charge in [-0.05, 0) is 47.2 Å². The molecular weight excluding hydrogens is 391 g/mol. The molecular formula is C23H16F3N3O. The van der Waals surface area contributed by atoms with Crippen LogP contribution in [0.2, 0.25) is 0 Å². The number of halogens is 3. The van der Waals surface area contributed by atoms with Crippen LogP contribution in [-0.2, 0) is 6.18 Å². The van der Waals surface area contributed by atoms with Gasteiger partial charge in [0.25, 0.3) is 5.91 Å². The van der Waals surface area contributed by atoms with E-state index in [0.29, 0.717) is 16.9 Å². The van der Waals surface area contributed by atoms with E-state index in [2.05, 4.69) is 10.5 Å². The molecule has 0 aliphatic heterocycles. The lowest BCUT2D eigenvalue weighted by molar-refractivity contribution is -0.137. The van der Waals surface area contributed by atoms with Gasteiger partial charge in [-0.25, -0.2) is 5.43 Å². The lowest BCUT2D eigenvalue weighted by atomic mass is 10.0. The Morgan fingerprint density at radius 3 is 2.53 bits per heavy atom. The summed E-state index contributed by atoms with van der Waals surface area (Å²) in [4.78, 5) is 12.5. The van der Waals surface area contributed by atoms with E-state index >= 15 is 0 Å². The van der Waals surface area contributed by atoms with Crippen LogP contribution >= 0.6 is 0 Å². The van der Waals surface area contributed by atoms with Gasteiger partial charge in [0, 0.05) is 17.4 Å². The molecule has 30 heavy (non-hydrogen) atoms. The smallest absolute Gasteiger partial charge is 0.316 e. The standard InChI is InChI=1S/C23H16F3N3O/c24-23(25,26)17-8-4-9-18(14-17)29-13-5-10-19(29)15-27-28-22(30)21-12-3-7-16-6-1-2-11-20(16)21/h1-15H,(H,28,30)/b27-15+. The highest BCUT2D eigenvalue weighted by Gasteiger charge is 2.30. The number of carbonyl (C=O) groups is 1. The lowest BCUT2D eigenvalue weighted by Crippen LogP contribution is -2.18. The molecule has 1 amide bonds. The number of benzene rings is 3. The predicted molar refractivity (Wildman–Crippen MR) is 110 cm³/mol. The average Bonchev–Trinajstić information content (AvgIpc) is 3.21. The Kier molecular flexibility index (Phi) is 5.10. The van der Waals surface area contributed by atoms with Crippen LogP contribution in [0.4, 0.5) is 13.2 Å². The first-order chi connectivity index (χ1) is 14.4. The van der Waals surface area contributed by atoms with E-state index in [1.807, 2.05) is 30.3 Å². The molecule has 1 N–H and O–H groups in total. The molecule has 0 saturated carbocycles. The van der Waals surface area contributed by atoms with Crippen LogP contribution in [0.1, 0.15) is 21.6 Å². The van der Waals surface area contributed by atoms with Gasteiger partial charge in [0.05, 0.1) is 17.5 Å². The van der Waals surface area contributed by atoms with E-state index in [-0.39, 0.29) is 5.91 Å². The molecule has 0 spiro atoms. The fourth-order valence-corrected chi connectivity index (χ4v) is 3.21. The number of amides is 1. The third kappa shape index (κ3) is 3.96. The molecule has 0 bridgehead atoms. The average molecular weight is 407 g/mol. The Hall–Kier alpha value is -3.87. The van der Waals surface area contributed by atoms with Crippen LogP contribution in [0.3, 0.4) is 0 Å². The fourth-order valence-electron chi connectivity index (χ4n) is 3.21. The molecule has 7 heteroatoms. The van der Waals surface area contributed by atoms with Gasteiger partial charge in [-0.1, -0.05) is 42.5 Å². The highest BCUT2D eigenvalue weighted by Crippen LogP contribution is 2.30. The van der Waals surface area contributed by atoms with Crippen molar-refractivity contribution in [2.45, 2.75) is 6.18 Å². The second-order valence-electron chi connectivity index (χ2n) is 6.58. The summed E-state index contributed by atoms with van der Waals surface area (Å²) >= 11 is 0. The number of nitrogens with zero attached hydrogens (tertiary/aromatic N) is 2. The maximum atomic E-state index is 13.0. The molecule has 4 rings (SSSR count). The van der Waals surface area contributed by atoms with Gasteiger partial charge in [0.2, 0.25) is 0 Å². The van der Waals surface area contributed by atoms with E-state index in [4.69, 9.17) is 0 Å². The molecule has 0 fully saturated rings. The molecule has 3 aromatic carbocycles. The van der Waals surface area contributed by atoms with Crippen molar-refractivity contribution < 1.29 is 18.0 Å². The first-order valence-electron chi connectivity index (χ1n) is 9.10. The number of hydrazone groups is 1. The minimum atomic E-state index is -4.43. The number of hydrogen-bond donors (Lipinski definition) is 1. The third-order valence-electron chi connectivity index (χ3n) is 4.63. The van der Waals surface area contributed by atoms with Crippen LogP contribution in [-0.4, -0.2) is 16.7 Å². The predicted octanol–water partition coefficient (Wildman–Crippen LogP) is 5.41. The molecule has 4 aromatic rings. The fraction of sp³-hybridized carbons (Fsp3) is 0.0435. The zero-order chi connectivity index (χ0) is 21.1. The molecule has 4 nitrogen and oxygen atoms in total. The zero-order valence-electron chi connectivity index (χ0n) is 15.6. The Morgan fingerprint density at radius 1 is 0.933 bits per heavy atom. The summed E-state index contributed by atoms with van der Waals surface area (Å²) in [6.07, 6.45) is -1.41. The summed E-state index contributed by atoms with van der Waals surface area (Å²) in [6.45, 7) is 0. The van der Waals surface area contributed by atoms with Crippen LogP contribution in [0, 0.1) is 0 Å². The molecule has 1 aromatic heterocycles. The molecule has 0 aliphatic rings. The molecule has 0 aliphatic carbocycles. The van der Waals surface area contributed by atoms with Crippen molar-refractivity contribution in [3.05, 3.63) is 102 Å². The van der Waals surface area contributed by atoms with Crippen LogP contribution in [0.25, 0.3) is 16.5 Å². The van der Waals surface area contributed by atoms with Crippen molar-refractivity contribution in [1.82, 2.24) is 9.99 Å². The van der Waals surface area contributed by atoms with E-state index in [1.54, 1.807) is 41.1 Å². The Balaban J connectivity index is 1.55. The number of aromatic nitrogens is 1. The second kappa shape index (κ2) is 7.87. The summed E-state index contributed by atoms with van der Waals surface area (Å²) in [7, 11) is 0. The van der Waals surface area contributed by atoms with E-state index in [9.17, 15) is 18.0 Å². The summed E-state index contributed by atoms with van der Waals surface area (Å²) in [5, 5.41) is 5.73. The van der Waals surface area contributed by atoms with Crippen molar-refractivity contribution in [2.75, 3.05) is 0 Å². The summed E-state index contributed by atoms with van der Waals surface area (Å²) in [5.41, 5.74) is 3.10. The lowest BCUT2D eigenvalue weighted by Gasteiger charge is -2.11. The van der Waals surface area contributed by atoms with Crippen LogP contribution < -0.4 is 5.43 Å². The van der Waals surface area contributed by atoms with Gasteiger partial charge in [-0.3, -0.25) is 4.79 Å². The summed E-state index contributed by atoms with van der Waals surface area (Å²) in [6, 6.07) is 21.3. The molecule has 0 unspecified atom stereocenters. The Bertz CT molecular complexity index is 1240. The van der Waals surface area contributed by atoms with E-state index in [1.165, 1.54) is 12.3 Å². The highest BCUT2D eigenvalue weighted by molar-refractivity contribution is 6.07. The monoisotopic (exact) mass is 407 g/mol. The van der Waals surface area contributed by atoms with Gasteiger partial charge in [0.15, 0.2) is 0 Å². The van der Waals surface area contributed by atoms with Crippen molar-refractivity contribution in [2.24, 2.45) is 5.10 Å².